The van der Waals surface area contributed by atoms with Gasteiger partial charge in [0.15, 0.2) is 5.84 Å². The van der Waals surface area contributed by atoms with Crippen molar-refractivity contribution in [3.8, 4) is 0 Å². The third kappa shape index (κ3) is 3.71. The van der Waals surface area contributed by atoms with Crippen molar-refractivity contribution in [1.82, 2.24) is 5.32 Å². The highest BCUT2D eigenvalue weighted by Gasteiger charge is 2.07. The van der Waals surface area contributed by atoms with Gasteiger partial charge in [-0.25, -0.2) is 4.39 Å². The van der Waals surface area contributed by atoms with Crippen LogP contribution in [-0.4, -0.2) is 17.1 Å². The lowest BCUT2D eigenvalue weighted by molar-refractivity contribution is 0.318. The Morgan fingerprint density at radius 2 is 2.29 bits per heavy atom. The number of hydrogen-bond donors (Lipinski definition) is 3. The number of oxime groups is 1. The molecule has 0 amide bonds. The molecule has 0 fully saturated rings. The lowest BCUT2D eigenvalue weighted by Gasteiger charge is -2.12. The zero-order chi connectivity index (χ0) is 12.8. The molecule has 1 rings (SSSR count). The molecule has 0 radical (unpaired) electrons. The van der Waals surface area contributed by atoms with Gasteiger partial charge in [0.1, 0.15) is 5.82 Å². The fraction of sp³-hybridized carbons (Fsp3) is 0.417. The first kappa shape index (κ1) is 13.4. The minimum atomic E-state index is -0.357. The molecule has 17 heavy (non-hydrogen) atoms. The molecule has 1 unspecified atom stereocenters. The van der Waals surface area contributed by atoms with E-state index >= 15 is 0 Å². The van der Waals surface area contributed by atoms with Gasteiger partial charge < -0.3 is 16.3 Å². The van der Waals surface area contributed by atoms with Crippen molar-refractivity contribution in [3.05, 3.63) is 35.1 Å². The van der Waals surface area contributed by atoms with Gasteiger partial charge in [0, 0.05) is 23.7 Å². The van der Waals surface area contributed by atoms with E-state index in [0.717, 1.165) is 6.42 Å². The molecule has 0 bridgehead atoms. The number of halogens is 1. The number of nitrogens with one attached hydrogen (secondary N) is 1. The van der Waals surface area contributed by atoms with Crippen LogP contribution < -0.4 is 11.1 Å². The van der Waals surface area contributed by atoms with Crippen LogP contribution in [-0.2, 0) is 6.54 Å². The normalized spacial score (nSPS) is 13.7. The molecule has 1 atom stereocenters. The number of amidine groups is 1. The van der Waals surface area contributed by atoms with Crippen LogP contribution in [0, 0.1) is 5.82 Å². The van der Waals surface area contributed by atoms with Gasteiger partial charge in [-0.15, -0.1) is 0 Å². The van der Waals surface area contributed by atoms with Gasteiger partial charge in [-0.05, 0) is 19.4 Å². The molecule has 0 aliphatic carbocycles. The minimum absolute atomic E-state index is 0.0923. The Kier molecular flexibility index (Phi) is 4.90. The predicted octanol–water partition coefficient (Wildman–Crippen LogP) is 1.81. The van der Waals surface area contributed by atoms with E-state index < -0.39 is 0 Å². The molecule has 0 heterocycles. The van der Waals surface area contributed by atoms with Crippen molar-refractivity contribution in [2.45, 2.75) is 32.9 Å². The summed E-state index contributed by atoms with van der Waals surface area (Å²) in [6.45, 7) is 4.58. The molecular formula is C12H18FN3O. The third-order valence-electron chi connectivity index (χ3n) is 2.71. The summed E-state index contributed by atoms with van der Waals surface area (Å²) in [7, 11) is 0. The fourth-order valence-corrected chi connectivity index (χ4v) is 1.34. The highest BCUT2D eigenvalue weighted by Crippen LogP contribution is 2.10. The average molecular weight is 239 g/mol. The van der Waals surface area contributed by atoms with Crippen molar-refractivity contribution >= 4 is 5.84 Å². The van der Waals surface area contributed by atoms with E-state index in [2.05, 4.69) is 17.4 Å². The molecule has 0 aliphatic heterocycles. The van der Waals surface area contributed by atoms with E-state index in [9.17, 15) is 4.39 Å². The van der Waals surface area contributed by atoms with E-state index in [4.69, 9.17) is 10.9 Å². The summed E-state index contributed by atoms with van der Waals surface area (Å²) < 4.78 is 13.7. The molecule has 4 nitrogen and oxygen atoms in total. The molecule has 1 aromatic carbocycles. The molecule has 0 spiro atoms. The number of benzene rings is 1. The zero-order valence-electron chi connectivity index (χ0n) is 10.1. The van der Waals surface area contributed by atoms with E-state index in [-0.39, 0.29) is 11.7 Å². The summed E-state index contributed by atoms with van der Waals surface area (Å²) in [6, 6.07) is 4.88. The Hall–Kier alpha value is -1.62. The first-order valence-electron chi connectivity index (χ1n) is 5.58. The van der Waals surface area contributed by atoms with Crippen molar-refractivity contribution < 1.29 is 9.60 Å². The number of nitrogens with two attached hydrogens (primary N) is 1. The second-order valence-electron chi connectivity index (χ2n) is 3.98. The molecule has 4 N–H and O–H groups in total. The lowest BCUT2D eigenvalue weighted by Crippen LogP contribution is -2.25. The topological polar surface area (TPSA) is 70.6 Å². The van der Waals surface area contributed by atoms with Crippen LogP contribution in [0.1, 0.15) is 31.4 Å². The Morgan fingerprint density at radius 3 is 2.82 bits per heavy atom. The number of nitrogens with zero attached hydrogens (tertiary/aromatic N) is 1. The molecule has 0 aliphatic rings. The van der Waals surface area contributed by atoms with Crippen LogP contribution in [0.5, 0.6) is 0 Å². The van der Waals surface area contributed by atoms with Crippen molar-refractivity contribution in [2.75, 3.05) is 0 Å². The largest absolute Gasteiger partial charge is 0.409 e. The summed E-state index contributed by atoms with van der Waals surface area (Å²) in [6.07, 6.45) is 0.990. The molecule has 0 aromatic heterocycles. The smallest absolute Gasteiger partial charge is 0.170 e. The monoisotopic (exact) mass is 239 g/mol. The Balaban J connectivity index is 2.76. The highest BCUT2D eigenvalue weighted by atomic mass is 19.1. The van der Waals surface area contributed by atoms with Gasteiger partial charge in [0.25, 0.3) is 0 Å². The summed E-state index contributed by atoms with van der Waals surface area (Å²) in [5, 5.41) is 14.5. The Morgan fingerprint density at radius 1 is 1.59 bits per heavy atom. The minimum Gasteiger partial charge on any atom is -0.409 e. The summed E-state index contributed by atoms with van der Waals surface area (Å²) in [5.41, 5.74) is 6.32. The summed E-state index contributed by atoms with van der Waals surface area (Å²) >= 11 is 0. The van der Waals surface area contributed by atoms with E-state index in [1.165, 1.54) is 6.07 Å². The van der Waals surface area contributed by atoms with Crippen LogP contribution in [0.3, 0.4) is 0 Å². The van der Waals surface area contributed by atoms with E-state index in [1.54, 1.807) is 12.1 Å². The highest BCUT2D eigenvalue weighted by molar-refractivity contribution is 5.97. The van der Waals surface area contributed by atoms with Crippen LogP contribution >= 0.6 is 0 Å². The SMILES string of the molecule is CCC(C)NCc1ccc(C(N)=NO)cc1F. The standard InChI is InChI=1S/C12H18FN3O/c1-3-8(2)15-7-10-5-4-9(6-11(10)13)12(14)16-17/h4-6,8,15,17H,3,7H2,1-2H3,(H2,14,16). The molecular weight excluding hydrogens is 221 g/mol. The second kappa shape index (κ2) is 6.20. The van der Waals surface area contributed by atoms with Crippen LogP contribution in [0.4, 0.5) is 4.39 Å². The maximum atomic E-state index is 13.7. The average Bonchev–Trinajstić information content (AvgIpc) is 2.35. The number of hydrogen-bond acceptors (Lipinski definition) is 3. The first-order chi connectivity index (χ1) is 8.08. The maximum Gasteiger partial charge on any atom is 0.170 e. The molecule has 5 heteroatoms. The van der Waals surface area contributed by atoms with Crippen molar-refractivity contribution in [3.63, 3.8) is 0 Å². The van der Waals surface area contributed by atoms with Gasteiger partial charge in [0.05, 0.1) is 0 Å². The Labute approximate surface area is 100 Å². The van der Waals surface area contributed by atoms with Gasteiger partial charge in [-0.1, -0.05) is 24.2 Å². The number of rotatable bonds is 5. The predicted molar refractivity (Wildman–Crippen MR) is 65.5 cm³/mol. The summed E-state index contributed by atoms with van der Waals surface area (Å²) in [5.74, 6) is -0.449. The maximum absolute atomic E-state index is 13.7. The summed E-state index contributed by atoms with van der Waals surface area (Å²) in [4.78, 5) is 0. The molecule has 1 aromatic rings. The lowest BCUT2D eigenvalue weighted by atomic mass is 10.1. The Bertz CT molecular complexity index is 407. The van der Waals surface area contributed by atoms with Crippen molar-refractivity contribution in [1.29, 1.82) is 0 Å². The van der Waals surface area contributed by atoms with E-state index in [1.807, 2.05) is 6.92 Å². The van der Waals surface area contributed by atoms with Gasteiger partial charge in [-0.3, -0.25) is 0 Å². The second-order valence-corrected chi connectivity index (χ2v) is 3.98. The van der Waals surface area contributed by atoms with Crippen LogP contribution in [0.2, 0.25) is 0 Å². The van der Waals surface area contributed by atoms with Gasteiger partial charge in [0.2, 0.25) is 0 Å². The molecule has 0 saturated heterocycles. The quantitative estimate of drug-likeness (QED) is 0.317. The fourth-order valence-electron chi connectivity index (χ4n) is 1.34. The molecule has 94 valence electrons. The zero-order valence-corrected chi connectivity index (χ0v) is 10.1. The molecule has 0 saturated carbocycles. The van der Waals surface area contributed by atoms with Crippen molar-refractivity contribution in [2.24, 2.45) is 10.9 Å². The third-order valence-corrected chi connectivity index (χ3v) is 2.71. The van der Waals surface area contributed by atoms with Gasteiger partial charge >= 0.3 is 0 Å². The van der Waals surface area contributed by atoms with Gasteiger partial charge in [-0.2, -0.15) is 0 Å². The first-order valence-corrected chi connectivity index (χ1v) is 5.58. The van der Waals surface area contributed by atoms with Crippen LogP contribution in [0.15, 0.2) is 23.4 Å². The van der Waals surface area contributed by atoms with Crippen LogP contribution in [0.25, 0.3) is 0 Å². The van der Waals surface area contributed by atoms with E-state index in [0.29, 0.717) is 23.7 Å².